The highest BCUT2D eigenvalue weighted by Crippen LogP contribution is 2.19. The van der Waals surface area contributed by atoms with Crippen LogP contribution in [0.25, 0.3) is 0 Å². The van der Waals surface area contributed by atoms with Crippen molar-refractivity contribution >= 4 is 11.7 Å². The summed E-state index contributed by atoms with van der Waals surface area (Å²) in [6.07, 6.45) is 1.33. The van der Waals surface area contributed by atoms with Crippen LogP contribution in [0.15, 0.2) is 12.3 Å². The predicted molar refractivity (Wildman–Crippen MR) is 56.3 cm³/mol. The molecule has 82 valence electrons. The second-order valence-electron chi connectivity index (χ2n) is 3.29. The molecule has 1 aromatic rings. The number of aliphatic hydroxyl groups is 1. The van der Waals surface area contributed by atoms with Crippen LogP contribution in [0.3, 0.4) is 0 Å². The Morgan fingerprint density at radius 3 is 2.80 bits per heavy atom. The van der Waals surface area contributed by atoms with E-state index in [1.807, 2.05) is 0 Å². The van der Waals surface area contributed by atoms with Gasteiger partial charge >= 0.3 is 5.97 Å². The quantitative estimate of drug-likeness (QED) is 0.757. The molecule has 1 aromatic heterocycles. The fraction of sp³-hybridized carbons (Fsp3) is 0.400. The predicted octanol–water partition coefficient (Wildman–Crippen LogP) is 0.517. The summed E-state index contributed by atoms with van der Waals surface area (Å²) in [5.74, 6) is -1.01. The van der Waals surface area contributed by atoms with Crippen LogP contribution >= 0.6 is 0 Å². The van der Waals surface area contributed by atoms with Gasteiger partial charge in [0.05, 0.1) is 12.3 Å². The van der Waals surface area contributed by atoms with Crippen molar-refractivity contribution in [2.24, 2.45) is 0 Å². The normalized spacial score (nSPS) is 10.1. The number of anilines is 1. The van der Waals surface area contributed by atoms with Crippen LogP contribution in [0, 0.1) is 6.92 Å². The van der Waals surface area contributed by atoms with Crippen molar-refractivity contribution in [3.05, 3.63) is 23.5 Å². The highest BCUT2D eigenvalue weighted by atomic mass is 16.4. The summed E-state index contributed by atoms with van der Waals surface area (Å²) >= 11 is 0. The van der Waals surface area contributed by atoms with Crippen molar-refractivity contribution in [1.82, 2.24) is 4.98 Å². The zero-order valence-electron chi connectivity index (χ0n) is 8.77. The average Bonchev–Trinajstić information content (AvgIpc) is 2.17. The van der Waals surface area contributed by atoms with E-state index in [9.17, 15) is 4.79 Å². The molecule has 0 aliphatic rings. The highest BCUT2D eigenvalue weighted by molar-refractivity contribution is 5.94. The fourth-order valence-electron chi connectivity index (χ4n) is 1.30. The van der Waals surface area contributed by atoms with Gasteiger partial charge in [-0.25, -0.2) is 4.79 Å². The molecule has 0 unspecified atom stereocenters. The first-order chi connectivity index (χ1) is 7.06. The van der Waals surface area contributed by atoms with Crippen molar-refractivity contribution in [3.63, 3.8) is 0 Å². The number of aromatic nitrogens is 1. The molecular formula is C10H14N2O3. The second kappa shape index (κ2) is 4.75. The van der Waals surface area contributed by atoms with E-state index >= 15 is 0 Å². The van der Waals surface area contributed by atoms with Gasteiger partial charge in [0.2, 0.25) is 0 Å². The van der Waals surface area contributed by atoms with Crippen molar-refractivity contribution in [2.45, 2.75) is 6.92 Å². The molecule has 0 aliphatic carbocycles. The zero-order chi connectivity index (χ0) is 11.4. The fourth-order valence-corrected chi connectivity index (χ4v) is 1.30. The van der Waals surface area contributed by atoms with Gasteiger partial charge in [0.15, 0.2) is 0 Å². The molecule has 0 bridgehead atoms. The number of hydrogen-bond acceptors (Lipinski definition) is 4. The van der Waals surface area contributed by atoms with Gasteiger partial charge in [-0.05, 0) is 13.0 Å². The van der Waals surface area contributed by atoms with Crippen LogP contribution in [0.1, 0.15) is 16.1 Å². The summed E-state index contributed by atoms with van der Waals surface area (Å²) in [7, 11) is 1.73. The summed E-state index contributed by atoms with van der Waals surface area (Å²) in [6, 6.07) is 1.69. The number of likely N-dealkylation sites (N-methyl/N-ethyl adjacent to an activating group) is 1. The monoisotopic (exact) mass is 210 g/mol. The molecule has 1 rings (SSSR count). The Kier molecular flexibility index (Phi) is 3.62. The minimum Gasteiger partial charge on any atom is -0.478 e. The van der Waals surface area contributed by atoms with Crippen LogP contribution < -0.4 is 4.90 Å². The molecule has 0 aromatic carbocycles. The molecule has 15 heavy (non-hydrogen) atoms. The Labute approximate surface area is 88.0 Å². The number of nitrogens with zero attached hydrogens (tertiary/aromatic N) is 2. The van der Waals surface area contributed by atoms with Crippen molar-refractivity contribution in [1.29, 1.82) is 0 Å². The number of carbonyl (C=O) groups is 1. The van der Waals surface area contributed by atoms with Gasteiger partial charge in [-0.15, -0.1) is 0 Å². The Bertz CT molecular complexity index is 366. The third kappa shape index (κ3) is 2.66. The number of carboxylic acids is 1. The van der Waals surface area contributed by atoms with Gasteiger partial charge in [0.25, 0.3) is 0 Å². The highest BCUT2D eigenvalue weighted by Gasteiger charge is 2.13. The van der Waals surface area contributed by atoms with Crippen LogP contribution in [-0.4, -0.2) is 41.4 Å². The molecule has 0 radical (unpaired) electrons. The Morgan fingerprint density at radius 1 is 1.60 bits per heavy atom. The van der Waals surface area contributed by atoms with E-state index in [4.69, 9.17) is 10.2 Å². The molecule has 0 fully saturated rings. The summed E-state index contributed by atoms with van der Waals surface area (Å²) in [4.78, 5) is 16.5. The third-order valence-electron chi connectivity index (χ3n) is 2.10. The maximum Gasteiger partial charge on any atom is 0.339 e. The first-order valence-corrected chi connectivity index (χ1v) is 4.58. The lowest BCUT2D eigenvalue weighted by Crippen LogP contribution is -2.23. The second-order valence-corrected chi connectivity index (χ2v) is 3.29. The van der Waals surface area contributed by atoms with Gasteiger partial charge in [-0.2, -0.15) is 0 Å². The minimum atomic E-state index is -1.01. The minimum absolute atomic E-state index is 0.0169. The van der Waals surface area contributed by atoms with Crippen molar-refractivity contribution < 1.29 is 15.0 Å². The first kappa shape index (κ1) is 11.5. The Morgan fingerprint density at radius 2 is 2.27 bits per heavy atom. The first-order valence-electron chi connectivity index (χ1n) is 4.58. The van der Waals surface area contributed by atoms with Crippen LogP contribution in [0.5, 0.6) is 0 Å². The van der Waals surface area contributed by atoms with E-state index in [0.717, 1.165) is 5.69 Å². The standard InChI is InChI=1S/C10H14N2O3/c1-7-5-9(12(2)3-4-13)8(6-11-7)10(14)15/h5-6,13H,3-4H2,1-2H3,(H,14,15). The van der Waals surface area contributed by atoms with Gasteiger partial charge in [-0.1, -0.05) is 0 Å². The molecule has 0 aliphatic heterocycles. The molecule has 1 heterocycles. The third-order valence-corrected chi connectivity index (χ3v) is 2.10. The number of pyridine rings is 1. The van der Waals surface area contributed by atoms with E-state index in [0.29, 0.717) is 12.2 Å². The largest absolute Gasteiger partial charge is 0.478 e. The number of hydrogen-bond donors (Lipinski definition) is 2. The molecular weight excluding hydrogens is 196 g/mol. The summed E-state index contributed by atoms with van der Waals surface area (Å²) < 4.78 is 0. The summed E-state index contributed by atoms with van der Waals surface area (Å²) in [5, 5.41) is 17.7. The van der Waals surface area contributed by atoms with Gasteiger partial charge < -0.3 is 15.1 Å². The van der Waals surface area contributed by atoms with Crippen LogP contribution in [0.4, 0.5) is 5.69 Å². The number of aryl methyl sites for hydroxylation is 1. The smallest absolute Gasteiger partial charge is 0.339 e. The SMILES string of the molecule is Cc1cc(N(C)CCO)c(C(=O)O)cn1. The maximum absolute atomic E-state index is 10.9. The number of carboxylic acid groups (broad SMARTS) is 1. The average molecular weight is 210 g/mol. The van der Waals surface area contributed by atoms with Crippen molar-refractivity contribution in [3.8, 4) is 0 Å². The van der Waals surface area contributed by atoms with Crippen LogP contribution in [0.2, 0.25) is 0 Å². The zero-order valence-corrected chi connectivity index (χ0v) is 8.77. The topological polar surface area (TPSA) is 73.7 Å². The molecule has 0 saturated heterocycles. The van der Waals surface area contributed by atoms with E-state index < -0.39 is 5.97 Å². The molecule has 5 nitrogen and oxygen atoms in total. The van der Waals surface area contributed by atoms with Gasteiger partial charge in [0.1, 0.15) is 5.56 Å². The van der Waals surface area contributed by atoms with E-state index in [-0.39, 0.29) is 12.2 Å². The molecule has 0 amide bonds. The molecule has 0 saturated carbocycles. The van der Waals surface area contributed by atoms with Gasteiger partial charge in [-0.3, -0.25) is 4.98 Å². The molecule has 5 heteroatoms. The number of aromatic carboxylic acids is 1. The summed E-state index contributed by atoms with van der Waals surface area (Å²) in [5.41, 5.74) is 1.47. The molecule has 0 atom stereocenters. The van der Waals surface area contributed by atoms with Crippen LogP contribution in [-0.2, 0) is 0 Å². The summed E-state index contributed by atoms with van der Waals surface area (Å²) in [6.45, 7) is 2.17. The number of aliphatic hydroxyl groups excluding tert-OH is 1. The molecule has 0 spiro atoms. The van der Waals surface area contributed by atoms with E-state index in [1.165, 1.54) is 6.20 Å². The van der Waals surface area contributed by atoms with Crippen molar-refractivity contribution in [2.75, 3.05) is 25.1 Å². The van der Waals surface area contributed by atoms with Gasteiger partial charge in [0, 0.05) is 25.5 Å². The van der Waals surface area contributed by atoms with E-state index in [1.54, 1.807) is 24.9 Å². The van der Waals surface area contributed by atoms with E-state index in [2.05, 4.69) is 4.98 Å². The Balaban J connectivity index is 3.12. The lowest BCUT2D eigenvalue weighted by molar-refractivity contribution is 0.0697. The number of rotatable bonds is 4. The lowest BCUT2D eigenvalue weighted by atomic mass is 10.2. The maximum atomic E-state index is 10.9. The Hall–Kier alpha value is -1.62. The molecule has 2 N–H and O–H groups in total. The lowest BCUT2D eigenvalue weighted by Gasteiger charge is -2.20.